The van der Waals surface area contributed by atoms with E-state index >= 15 is 0 Å². The average molecular weight is 487 g/mol. The van der Waals surface area contributed by atoms with Crippen LogP contribution in [0.4, 0.5) is 4.79 Å². The third kappa shape index (κ3) is 5.74. The van der Waals surface area contributed by atoms with Crippen LogP contribution >= 0.6 is 15.9 Å². The van der Waals surface area contributed by atoms with E-state index in [-0.39, 0.29) is 12.2 Å². The first kappa shape index (κ1) is 24.2. The van der Waals surface area contributed by atoms with Gasteiger partial charge in [0.25, 0.3) is 5.91 Å². The second-order valence-electron chi connectivity index (χ2n) is 9.38. The molecule has 0 aliphatic carbocycles. The van der Waals surface area contributed by atoms with Crippen LogP contribution in [0.1, 0.15) is 64.1 Å². The molecule has 0 saturated carbocycles. The van der Waals surface area contributed by atoms with Gasteiger partial charge in [0.05, 0.1) is 19.3 Å². The van der Waals surface area contributed by atoms with Gasteiger partial charge in [-0.1, -0.05) is 20.8 Å². The van der Waals surface area contributed by atoms with Crippen LogP contribution in [0.25, 0.3) is 0 Å². The standard InChI is InChI=1S/C20H31BrN4O5/c1-19(2,3)14(16(27)29-7)23-15(26)13-12-11-24(18(28)30-20(4,5)6)9-8-10-25(12)17(21)22-13/h14H,8-11H2,1-7H3,(H,23,26). The van der Waals surface area contributed by atoms with Gasteiger partial charge in [0, 0.05) is 13.1 Å². The first-order chi connectivity index (χ1) is 13.7. The molecule has 168 valence electrons. The number of imidazole rings is 1. The molecule has 2 amide bonds. The molecule has 2 heterocycles. The van der Waals surface area contributed by atoms with Crippen molar-refractivity contribution in [3.05, 3.63) is 16.1 Å². The molecular weight excluding hydrogens is 456 g/mol. The molecular formula is C20H31BrN4O5. The normalized spacial score (nSPS) is 15.7. The van der Waals surface area contributed by atoms with E-state index in [1.54, 1.807) is 4.90 Å². The van der Waals surface area contributed by atoms with Crippen LogP contribution in [0, 0.1) is 5.41 Å². The summed E-state index contributed by atoms with van der Waals surface area (Å²) in [4.78, 5) is 43.8. The molecule has 0 fully saturated rings. The zero-order chi connectivity index (χ0) is 22.9. The van der Waals surface area contributed by atoms with Crippen molar-refractivity contribution in [2.24, 2.45) is 5.41 Å². The lowest BCUT2D eigenvalue weighted by Gasteiger charge is -2.29. The highest BCUT2D eigenvalue weighted by atomic mass is 79.9. The monoisotopic (exact) mass is 486 g/mol. The Balaban J connectivity index is 2.33. The number of ether oxygens (including phenoxy) is 2. The van der Waals surface area contributed by atoms with Crippen molar-refractivity contribution in [3.8, 4) is 0 Å². The molecule has 0 bridgehead atoms. The van der Waals surface area contributed by atoms with Gasteiger partial charge >= 0.3 is 12.1 Å². The fraction of sp³-hybridized carbons (Fsp3) is 0.700. The van der Waals surface area contributed by atoms with Gasteiger partial charge in [-0.3, -0.25) is 4.79 Å². The molecule has 30 heavy (non-hydrogen) atoms. The summed E-state index contributed by atoms with van der Waals surface area (Å²) in [6.07, 6.45) is 0.247. The number of methoxy groups -OCH3 is 1. The number of carbonyl (C=O) groups is 3. The van der Waals surface area contributed by atoms with E-state index in [4.69, 9.17) is 9.47 Å². The molecule has 1 unspecified atom stereocenters. The number of nitrogens with one attached hydrogen (secondary N) is 1. The number of fused-ring (bicyclic) bond motifs is 1. The molecule has 1 aromatic heterocycles. The summed E-state index contributed by atoms with van der Waals surface area (Å²) in [7, 11) is 1.28. The second-order valence-corrected chi connectivity index (χ2v) is 10.1. The Hall–Kier alpha value is -2.10. The number of hydrogen-bond donors (Lipinski definition) is 1. The molecule has 0 spiro atoms. The fourth-order valence-corrected chi connectivity index (χ4v) is 3.70. The van der Waals surface area contributed by atoms with Crippen molar-refractivity contribution in [2.75, 3.05) is 13.7 Å². The molecule has 1 aromatic rings. The number of halogens is 1. The number of carbonyl (C=O) groups excluding carboxylic acids is 3. The number of esters is 1. The van der Waals surface area contributed by atoms with Crippen LogP contribution in [0.2, 0.25) is 0 Å². The SMILES string of the molecule is COC(=O)C(NC(=O)c1nc(Br)n2c1CN(C(=O)OC(C)(C)C)CCC2)C(C)(C)C. The largest absolute Gasteiger partial charge is 0.467 e. The summed E-state index contributed by atoms with van der Waals surface area (Å²) in [6.45, 7) is 12.2. The summed E-state index contributed by atoms with van der Waals surface area (Å²) in [5.74, 6) is -1.03. The fourth-order valence-electron chi connectivity index (χ4n) is 3.13. The summed E-state index contributed by atoms with van der Waals surface area (Å²) < 4.78 is 12.7. The van der Waals surface area contributed by atoms with Gasteiger partial charge in [0.2, 0.25) is 0 Å². The highest BCUT2D eigenvalue weighted by Gasteiger charge is 2.36. The summed E-state index contributed by atoms with van der Waals surface area (Å²) in [6, 6.07) is -0.848. The minimum Gasteiger partial charge on any atom is -0.467 e. The van der Waals surface area contributed by atoms with Gasteiger partial charge in [0.1, 0.15) is 11.6 Å². The Labute approximate surface area is 185 Å². The van der Waals surface area contributed by atoms with Crippen molar-refractivity contribution < 1.29 is 23.9 Å². The van der Waals surface area contributed by atoms with Crippen molar-refractivity contribution in [3.63, 3.8) is 0 Å². The first-order valence-corrected chi connectivity index (χ1v) is 10.7. The number of amides is 2. The van der Waals surface area contributed by atoms with E-state index < -0.39 is 35.0 Å². The molecule has 2 rings (SSSR count). The zero-order valence-corrected chi connectivity index (χ0v) is 20.3. The highest BCUT2D eigenvalue weighted by molar-refractivity contribution is 9.10. The third-order valence-corrected chi connectivity index (χ3v) is 5.23. The van der Waals surface area contributed by atoms with Crippen LogP contribution in [0.3, 0.4) is 0 Å². The first-order valence-electron chi connectivity index (χ1n) is 9.86. The quantitative estimate of drug-likeness (QED) is 0.658. The minimum absolute atomic E-state index is 0.162. The smallest absolute Gasteiger partial charge is 0.410 e. The molecule has 1 atom stereocenters. The predicted molar refractivity (Wildman–Crippen MR) is 114 cm³/mol. The predicted octanol–water partition coefficient (Wildman–Crippen LogP) is 3.10. The van der Waals surface area contributed by atoms with Gasteiger partial charge < -0.3 is 24.3 Å². The van der Waals surface area contributed by atoms with E-state index in [2.05, 4.69) is 26.2 Å². The molecule has 0 radical (unpaired) electrons. The number of rotatable bonds is 3. The van der Waals surface area contributed by atoms with Crippen molar-refractivity contribution in [1.82, 2.24) is 19.8 Å². The zero-order valence-electron chi connectivity index (χ0n) is 18.7. The maximum atomic E-state index is 13.1. The van der Waals surface area contributed by atoms with Crippen molar-refractivity contribution in [2.45, 2.75) is 72.7 Å². The highest BCUT2D eigenvalue weighted by Crippen LogP contribution is 2.25. The average Bonchev–Trinajstić information content (AvgIpc) is 2.79. The molecule has 1 aliphatic rings. The van der Waals surface area contributed by atoms with E-state index in [0.29, 0.717) is 29.9 Å². The molecule has 1 aliphatic heterocycles. The van der Waals surface area contributed by atoms with Crippen molar-refractivity contribution >= 4 is 33.9 Å². The topological polar surface area (TPSA) is 103 Å². The maximum Gasteiger partial charge on any atom is 0.410 e. The molecule has 9 nitrogen and oxygen atoms in total. The van der Waals surface area contributed by atoms with Gasteiger partial charge in [-0.15, -0.1) is 0 Å². The van der Waals surface area contributed by atoms with E-state index in [9.17, 15) is 14.4 Å². The maximum absolute atomic E-state index is 13.1. The molecule has 0 aromatic carbocycles. The number of nitrogens with zero attached hydrogens (tertiary/aromatic N) is 3. The minimum atomic E-state index is -0.848. The van der Waals surface area contributed by atoms with Crippen LogP contribution < -0.4 is 5.32 Å². The Morgan fingerprint density at radius 3 is 2.30 bits per heavy atom. The lowest BCUT2D eigenvalue weighted by molar-refractivity contribution is -0.145. The second kappa shape index (κ2) is 8.95. The Morgan fingerprint density at radius 2 is 1.77 bits per heavy atom. The third-order valence-electron chi connectivity index (χ3n) is 4.62. The van der Waals surface area contributed by atoms with E-state index in [0.717, 1.165) is 0 Å². The van der Waals surface area contributed by atoms with E-state index in [1.807, 2.05) is 46.1 Å². The molecule has 0 saturated heterocycles. The van der Waals surface area contributed by atoms with Crippen LogP contribution in [-0.2, 0) is 27.4 Å². The summed E-state index contributed by atoms with van der Waals surface area (Å²) in [5, 5.41) is 2.75. The number of aromatic nitrogens is 2. The van der Waals surface area contributed by atoms with E-state index in [1.165, 1.54) is 7.11 Å². The Morgan fingerprint density at radius 1 is 1.13 bits per heavy atom. The number of hydrogen-bond acceptors (Lipinski definition) is 6. The van der Waals surface area contributed by atoms with Gasteiger partial charge in [-0.25, -0.2) is 14.6 Å². The molecule has 1 N–H and O–H groups in total. The van der Waals surface area contributed by atoms with Gasteiger partial charge in [-0.05, 0) is 48.5 Å². The van der Waals surface area contributed by atoms with Crippen LogP contribution in [0.15, 0.2) is 4.73 Å². The summed E-state index contributed by atoms with van der Waals surface area (Å²) in [5.41, 5.74) is -0.430. The Bertz CT molecular complexity index is 822. The lowest BCUT2D eigenvalue weighted by Crippen LogP contribution is -2.50. The van der Waals surface area contributed by atoms with Crippen molar-refractivity contribution in [1.29, 1.82) is 0 Å². The summed E-state index contributed by atoms with van der Waals surface area (Å²) >= 11 is 3.41. The molecule has 10 heteroatoms. The lowest BCUT2D eigenvalue weighted by atomic mass is 9.86. The Kier molecular flexibility index (Phi) is 7.21. The van der Waals surface area contributed by atoms with Gasteiger partial charge in [-0.2, -0.15) is 0 Å². The van der Waals surface area contributed by atoms with Crippen LogP contribution in [0.5, 0.6) is 0 Å². The van der Waals surface area contributed by atoms with Gasteiger partial charge in [0.15, 0.2) is 10.4 Å². The van der Waals surface area contributed by atoms with Crippen LogP contribution in [-0.4, -0.2) is 57.7 Å².